The van der Waals surface area contributed by atoms with Gasteiger partial charge in [-0.15, -0.1) is 11.3 Å². The van der Waals surface area contributed by atoms with Gasteiger partial charge in [0.15, 0.2) is 10.8 Å². The number of hydrogen-bond acceptors (Lipinski definition) is 7. The number of nitrogens with zero attached hydrogens (tertiary/aromatic N) is 4. The molecule has 1 aliphatic heterocycles. The Kier molecular flexibility index (Phi) is 6.68. The van der Waals surface area contributed by atoms with Crippen molar-refractivity contribution < 1.29 is 17.2 Å². The molecule has 1 fully saturated rings. The number of nitrogens with one attached hydrogen (secondary N) is 1. The van der Waals surface area contributed by atoms with Gasteiger partial charge in [0.2, 0.25) is 0 Å². The molecule has 0 unspecified atom stereocenters. The van der Waals surface area contributed by atoms with Crippen LogP contribution in [0.2, 0.25) is 0 Å². The van der Waals surface area contributed by atoms with E-state index in [4.69, 9.17) is 0 Å². The number of benzene rings is 1. The monoisotopic (exact) mass is 479 g/mol. The van der Waals surface area contributed by atoms with Crippen molar-refractivity contribution in [2.45, 2.75) is 30.5 Å². The number of thiazole rings is 1. The average Bonchev–Trinajstić information content (AvgIpc) is 3.45. The first-order valence-electron chi connectivity index (χ1n) is 10.0. The molecule has 3 heterocycles. The van der Waals surface area contributed by atoms with Gasteiger partial charge in [0.25, 0.3) is 16.4 Å². The second-order valence-corrected chi connectivity index (χ2v) is 9.98. The maximum absolute atomic E-state index is 13.9. The van der Waals surface area contributed by atoms with E-state index in [0.717, 1.165) is 32.1 Å². The predicted octanol–water partition coefficient (Wildman–Crippen LogP) is 3.99. The first-order chi connectivity index (χ1) is 15.3. The fourth-order valence-corrected chi connectivity index (χ4v) is 5.35. The molecule has 32 heavy (non-hydrogen) atoms. The Morgan fingerprint density at radius 2 is 2.06 bits per heavy atom. The Bertz CT molecular complexity index is 1140. The number of rotatable bonds is 8. The molecular weight excluding hydrogens is 456 g/mol. The molecule has 3 aromatic rings. The van der Waals surface area contributed by atoms with E-state index in [-0.39, 0.29) is 23.1 Å². The van der Waals surface area contributed by atoms with Crippen LogP contribution < -0.4 is 9.62 Å². The van der Waals surface area contributed by atoms with Gasteiger partial charge in [-0.25, -0.2) is 18.7 Å². The lowest BCUT2D eigenvalue weighted by molar-refractivity contribution is 0.151. The van der Waals surface area contributed by atoms with Crippen molar-refractivity contribution >= 4 is 32.9 Å². The van der Waals surface area contributed by atoms with Crippen molar-refractivity contribution in [2.75, 3.05) is 29.8 Å². The summed E-state index contributed by atoms with van der Waals surface area (Å²) < 4.78 is 55.2. The molecule has 0 saturated carbocycles. The molecule has 11 heteroatoms. The second-order valence-electron chi connectivity index (χ2n) is 7.64. The maximum atomic E-state index is 13.9. The number of sulfonamides is 1. The van der Waals surface area contributed by atoms with Crippen molar-refractivity contribution in [3.63, 3.8) is 0 Å². The highest BCUT2D eigenvalue weighted by molar-refractivity contribution is 7.92. The van der Waals surface area contributed by atoms with Crippen molar-refractivity contribution in [1.82, 2.24) is 14.9 Å². The quantitative estimate of drug-likeness (QED) is 0.527. The molecule has 170 valence electrons. The van der Waals surface area contributed by atoms with Crippen LogP contribution in [0.25, 0.3) is 0 Å². The van der Waals surface area contributed by atoms with Crippen LogP contribution in [0.3, 0.4) is 0 Å². The summed E-state index contributed by atoms with van der Waals surface area (Å²) in [6.45, 7) is 2.37. The van der Waals surface area contributed by atoms with E-state index in [1.807, 2.05) is 18.2 Å². The van der Waals surface area contributed by atoms with Crippen LogP contribution >= 0.6 is 11.3 Å². The van der Waals surface area contributed by atoms with Gasteiger partial charge in [0.05, 0.1) is 17.4 Å². The molecule has 2 aromatic heterocycles. The van der Waals surface area contributed by atoms with Crippen LogP contribution in [0.5, 0.6) is 0 Å². The highest BCUT2D eigenvalue weighted by Crippen LogP contribution is 2.33. The highest BCUT2D eigenvalue weighted by atomic mass is 32.2. The van der Waals surface area contributed by atoms with E-state index in [9.17, 15) is 17.2 Å². The minimum absolute atomic E-state index is 0.0219. The molecule has 0 aliphatic carbocycles. The van der Waals surface area contributed by atoms with Crippen LogP contribution in [0.4, 0.5) is 20.3 Å². The Balaban J connectivity index is 1.51. The maximum Gasteiger partial charge on any atom is 0.280 e. The summed E-state index contributed by atoms with van der Waals surface area (Å²) >= 11 is 1.22. The Labute approximate surface area is 189 Å². The Hall–Kier alpha value is -2.63. The van der Waals surface area contributed by atoms with Crippen molar-refractivity contribution in [1.29, 1.82) is 0 Å². The van der Waals surface area contributed by atoms with Crippen LogP contribution in [-0.2, 0) is 16.6 Å². The van der Waals surface area contributed by atoms with E-state index < -0.39 is 21.5 Å². The molecule has 0 bridgehead atoms. The van der Waals surface area contributed by atoms with Gasteiger partial charge in [-0.1, -0.05) is 30.3 Å². The fraction of sp³-hybridized carbons (Fsp3) is 0.333. The fourth-order valence-electron chi connectivity index (χ4n) is 3.82. The average molecular weight is 480 g/mol. The second kappa shape index (κ2) is 9.47. The van der Waals surface area contributed by atoms with Crippen LogP contribution in [0, 0.1) is 0 Å². The van der Waals surface area contributed by atoms with Crippen LogP contribution in [0.1, 0.15) is 24.0 Å². The number of pyridine rings is 1. The zero-order chi connectivity index (χ0) is 22.7. The standard InChI is InChI=1S/C21H23F2N5O2S2/c1-27(16-7-8-28(12-16)11-15-5-3-2-4-6-15)18-10-24-20(9-17(18)21(22)23)32(29,30)26-19-13-31-14-25-19/h2-6,9-10,13-14,16,21,26H,7-8,11-12H2,1H3/t16-/m0/s1. The third kappa shape index (κ3) is 5.05. The summed E-state index contributed by atoms with van der Waals surface area (Å²) in [6.07, 6.45) is -0.806. The van der Waals surface area contributed by atoms with Crippen molar-refractivity contribution in [3.05, 3.63) is 64.6 Å². The van der Waals surface area contributed by atoms with Gasteiger partial charge in [-0.2, -0.15) is 8.42 Å². The molecule has 4 rings (SSSR count). The lowest BCUT2D eigenvalue weighted by Gasteiger charge is -2.29. The van der Waals surface area contributed by atoms with Gasteiger partial charge in [0, 0.05) is 43.7 Å². The first kappa shape index (κ1) is 22.6. The number of likely N-dealkylation sites (N-methyl/N-ethyl adjacent to an activating group) is 1. The summed E-state index contributed by atoms with van der Waals surface area (Å²) in [5, 5.41) is 1.05. The third-order valence-electron chi connectivity index (χ3n) is 5.49. The van der Waals surface area contributed by atoms with Crippen molar-refractivity contribution in [2.24, 2.45) is 0 Å². The SMILES string of the molecule is CN(c1cnc(S(=O)(=O)Nc2cscn2)cc1C(F)F)[C@H]1CCN(Cc2ccccc2)C1. The number of likely N-dealkylation sites (tertiary alicyclic amines) is 1. The molecule has 1 aliphatic rings. The summed E-state index contributed by atoms with van der Waals surface area (Å²) in [5.41, 5.74) is 2.55. The minimum atomic E-state index is -4.12. The van der Waals surface area contributed by atoms with Crippen molar-refractivity contribution in [3.8, 4) is 0 Å². The number of alkyl halides is 2. The summed E-state index contributed by atoms with van der Waals surface area (Å²) in [7, 11) is -2.37. The molecule has 1 saturated heterocycles. The summed E-state index contributed by atoms with van der Waals surface area (Å²) in [4.78, 5) is 11.9. The molecular formula is C21H23F2N5O2S2. The van der Waals surface area contributed by atoms with E-state index in [0.29, 0.717) is 0 Å². The summed E-state index contributed by atoms with van der Waals surface area (Å²) in [5.74, 6) is 0.126. The third-order valence-corrected chi connectivity index (χ3v) is 7.33. The topological polar surface area (TPSA) is 78.4 Å². The predicted molar refractivity (Wildman–Crippen MR) is 121 cm³/mol. The van der Waals surface area contributed by atoms with Gasteiger partial charge >= 0.3 is 0 Å². The van der Waals surface area contributed by atoms with Gasteiger partial charge in [-0.3, -0.25) is 9.62 Å². The molecule has 1 atom stereocenters. The molecule has 0 amide bonds. The minimum Gasteiger partial charge on any atom is -0.369 e. The summed E-state index contributed by atoms with van der Waals surface area (Å²) in [6, 6.07) is 11.1. The van der Waals surface area contributed by atoms with E-state index in [2.05, 4.69) is 31.7 Å². The van der Waals surface area contributed by atoms with Crippen LogP contribution in [0.15, 0.2) is 58.5 Å². The van der Waals surface area contributed by atoms with E-state index >= 15 is 0 Å². The molecule has 1 N–H and O–H groups in total. The van der Waals surface area contributed by atoms with E-state index in [1.165, 1.54) is 34.0 Å². The molecule has 7 nitrogen and oxygen atoms in total. The zero-order valence-corrected chi connectivity index (χ0v) is 19.0. The molecule has 0 radical (unpaired) electrons. The van der Waals surface area contributed by atoms with Crippen LogP contribution in [-0.4, -0.2) is 49.5 Å². The number of aromatic nitrogens is 2. The largest absolute Gasteiger partial charge is 0.369 e. The van der Waals surface area contributed by atoms with E-state index in [1.54, 1.807) is 11.9 Å². The number of anilines is 2. The molecule has 0 spiro atoms. The Morgan fingerprint density at radius 1 is 1.28 bits per heavy atom. The van der Waals surface area contributed by atoms with Gasteiger partial charge in [-0.05, 0) is 18.1 Å². The van der Waals surface area contributed by atoms with Gasteiger partial charge in [0.1, 0.15) is 0 Å². The zero-order valence-electron chi connectivity index (χ0n) is 17.4. The molecule has 1 aromatic carbocycles. The normalized spacial score (nSPS) is 17.1. The van der Waals surface area contributed by atoms with Gasteiger partial charge < -0.3 is 4.90 Å². The lowest BCUT2D eigenvalue weighted by atomic mass is 10.1. The first-order valence-corrected chi connectivity index (χ1v) is 12.4. The Morgan fingerprint density at radius 3 is 2.75 bits per heavy atom. The smallest absolute Gasteiger partial charge is 0.280 e. The number of halogens is 2. The lowest BCUT2D eigenvalue weighted by Crippen LogP contribution is -2.35. The number of hydrogen-bond donors (Lipinski definition) is 1. The highest BCUT2D eigenvalue weighted by Gasteiger charge is 2.30.